The van der Waals surface area contributed by atoms with E-state index < -0.39 is 5.97 Å². The van der Waals surface area contributed by atoms with Crippen molar-refractivity contribution in [1.29, 1.82) is 0 Å². The molecule has 0 aromatic heterocycles. The highest BCUT2D eigenvalue weighted by atomic mass is 16.5. The van der Waals surface area contributed by atoms with Crippen molar-refractivity contribution in [2.45, 2.75) is 13.5 Å². The average molecular weight is 400 g/mol. The van der Waals surface area contributed by atoms with Gasteiger partial charge < -0.3 is 9.84 Å². The molecule has 0 aliphatic rings. The number of phenolic OH excluding ortho intramolecular Hbond substituents is 1. The van der Waals surface area contributed by atoms with Crippen LogP contribution in [-0.4, -0.2) is 16.9 Å². The van der Waals surface area contributed by atoms with Crippen LogP contribution in [0.15, 0.2) is 95.2 Å². The molecule has 3 rings (SSSR count). The standard InChI is InChI=1S/C24H20N2O4/c1-16(2)24(29)30-15-17-7-6-10-19(13-17)25-26-20-11-12-22(27)21(14-20)23(28)18-8-4-3-5-9-18/h3-14,27H,1,15H2,2H3. The van der Waals surface area contributed by atoms with Gasteiger partial charge >= 0.3 is 5.97 Å². The number of ether oxygens (including phenoxy) is 1. The molecule has 0 aliphatic heterocycles. The summed E-state index contributed by atoms with van der Waals surface area (Å²) in [5.41, 5.74) is 2.69. The number of carbonyl (C=O) groups is 2. The van der Waals surface area contributed by atoms with Crippen molar-refractivity contribution in [2.24, 2.45) is 10.2 Å². The third-order valence-corrected chi connectivity index (χ3v) is 4.17. The van der Waals surface area contributed by atoms with Crippen molar-refractivity contribution in [3.05, 3.63) is 102 Å². The van der Waals surface area contributed by atoms with E-state index in [-0.39, 0.29) is 23.7 Å². The van der Waals surface area contributed by atoms with Crippen LogP contribution < -0.4 is 0 Å². The first-order chi connectivity index (χ1) is 14.4. The number of benzene rings is 3. The second-order valence-corrected chi connectivity index (χ2v) is 6.62. The number of nitrogens with zero attached hydrogens (tertiary/aromatic N) is 2. The topological polar surface area (TPSA) is 88.3 Å². The molecule has 3 aromatic carbocycles. The predicted octanol–water partition coefficient (Wildman–Crippen LogP) is 5.66. The Morgan fingerprint density at radius 3 is 2.33 bits per heavy atom. The van der Waals surface area contributed by atoms with E-state index in [1.807, 2.05) is 12.1 Å². The summed E-state index contributed by atoms with van der Waals surface area (Å²) in [4.78, 5) is 24.2. The third-order valence-electron chi connectivity index (χ3n) is 4.17. The summed E-state index contributed by atoms with van der Waals surface area (Å²) in [7, 11) is 0. The molecule has 0 atom stereocenters. The van der Waals surface area contributed by atoms with Crippen LogP contribution in [0.5, 0.6) is 5.75 Å². The van der Waals surface area contributed by atoms with Gasteiger partial charge in [-0.15, -0.1) is 0 Å². The van der Waals surface area contributed by atoms with E-state index in [1.54, 1.807) is 55.5 Å². The Hall–Kier alpha value is -4.06. The summed E-state index contributed by atoms with van der Waals surface area (Å²) >= 11 is 0. The van der Waals surface area contributed by atoms with Crippen molar-refractivity contribution in [2.75, 3.05) is 0 Å². The van der Waals surface area contributed by atoms with Crippen LogP contribution in [-0.2, 0) is 16.1 Å². The van der Waals surface area contributed by atoms with Crippen LogP contribution >= 0.6 is 0 Å². The van der Waals surface area contributed by atoms with Crippen molar-refractivity contribution in [3.8, 4) is 5.75 Å². The molecule has 0 aliphatic carbocycles. The van der Waals surface area contributed by atoms with Gasteiger partial charge in [0, 0.05) is 11.1 Å². The van der Waals surface area contributed by atoms with E-state index in [2.05, 4.69) is 16.8 Å². The summed E-state index contributed by atoms with van der Waals surface area (Å²) in [5.74, 6) is -0.877. The van der Waals surface area contributed by atoms with Gasteiger partial charge in [0.15, 0.2) is 5.78 Å². The molecule has 0 spiro atoms. The normalized spacial score (nSPS) is 10.7. The van der Waals surface area contributed by atoms with Gasteiger partial charge in [0.2, 0.25) is 0 Å². The lowest BCUT2D eigenvalue weighted by atomic mass is 10.0. The van der Waals surface area contributed by atoms with Crippen LogP contribution in [0.2, 0.25) is 0 Å². The van der Waals surface area contributed by atoms with Gasteiger partial charge in [-0.1, -0.05) is 49.0 Å². The predicted molar refractivity (Wildman–Crippen MR) is 113 cm³/mol. The maximum absolute atomic E-state index is 12.6. The summed E-state index contributed by atoms with van der Waals surface area (Å²) in [6.07, 6.45) is 0. The molecule has 150 valence electrons. The number of hydrogen-bond acceptors (Lipinski definition) is 6. The lowest BCUT2D eigenvalue weighted by Gasteiger charge is -2.05. The monoisotopic (exact) mass is 400 g/mol. The molecule has 0 saturated carbocycles. The van der Waals surface area contributed by atoms with Gasteiger partial charge in [-0.25, -0.2) is 4.79 Å². The van der Waals surface area contributed by atoms with E-state index in [4.69, 9.17) is 4.74 Å². The molecule has 3 aromatic rings. The second kappa shape index (κ2) is 9.43. The Kier molecular flexibility index (Phi) is 6.49. The molecule has 6 heteroatoms. The Morgan fingerprint density at radius 1 is 0.933 bits per heavy atom. The molecule has 0 radical (unpaired) electrons. The minimum atomic E-state index is -0.457. The highest BCUT2D eigenvalue weighted by Crippen LogP contribution is 2.27. The summed E-state index contributed by atoms with van der Waals surface area (Å²) < 4.78 is 5.13. The Morgan fingerprint density at radius 2 is 1.63 bits per heavy atom. The first-order valence-corrected chi connectivity index (χ1v) is 9.20. The molecule has 0 saturated heterocycles. The van der Waals surface area contributed by atoms with Crippen molar-refractivity contribution < 1.29 is 19.4 Å². The van der Waals surface area contributed by atoms with E-state index in [0.29, 0.717) is 22.5 Å². The van der Waals surface area contributed by atoms with E-state index in [9.17, 15) is 14.7 Å². The summed E-state index contributed by atoms with van der Waals surface area (Å²) in [6.45, 7) is 5.23. The maximum Gasteiger partial charge on any atom is 0.333 e. The second-order valence-electron chi connectivity index (χ2n) is 6.62. The van der Waals surface area contributed by atoms with Crippen molar-refractivity contribution in [1.82, 2.24) is 0 Å². The lowest BCUT2D eigenvalue weighted by Crippen LogP contribution is -2.04. The molecule has 30 heavy (non-hydrogen) atoms. The maximum atomic E-state index is 12.6. The lowest BCUT2D eigenvalue weighted by molar-refractivity contribution is -0.140. The number of phenols is 1. The van der Waals surface area contributed by atoms with Crippen LogP contribution in [0.1, 0.15) is 28.4 Å². The fourth-order valence-corrected chi connectivity index (χ4v) is 2.61. The SMILES string of the molecule is C=C(C)C(=O)OCc1cccc(N=Nc2ccc(O)c(C(=O)c3ccccc3)c2)c1. The van der Waals surface area contributed by atoms with E-state index in [1.165, 1.54) is 12.1 Å². The van der Waals surface area contributed by atoms with Crippen LogP contribution in [0.3, 0.4) is 0 Å². The minimum Gasteiger partial charge on any atom is -0.507 e. The zero-order valence-electron chi connectivity index (χ0n) is 16.4. The van der Waals surface area contributed by atoms with Gasteiger partial charge in [-0.05, 0) is 42.8 Å². The van der Waals surface area contributed by atoms with E-state index >= 15 is 0 Å². The van der Waals surface area contributed by atoms with Gasteiger partial charge in [0.25, 0.3) is 0 Å². The summed E-state index contributed by atoms with van der Waals surface area (Å²) in [6, 6.07) is 20.3. The highest BCUT2D eigenvalue weighted by molar-refractivity contribution is 6.11. The van der Waals surface area contributed by atoms with Gasteiger partial charge in [-0.2, -0.15) is 10.2 Å². The number of esters is 1. The molecule has 0 unspecified atom stereocenters. The first-order valence-electron chi connectivity index (χ1n) is 9.20. The number of hydrogen-bond donors (Lipinski definition) is 1. The number of aromatic hydroxyl groups is 1. The largest absolute Gasteiger partial charge is 0.507 e. The molecule has 0 heterocycles. The zero-order valence-corrected chi connectivity index (χ0v) is 16.4. The summed E-state index contributed by atoms with van der Waals surface area (Å²) in [5, 5.41) is 18.4. The Bertz CT molecular complexity index is 1120. The minimum absolute atomic E-state index is 0.101. The molecule has 0 amide bonds. The molecule has 0 fully saturated rings. The molecule has 0 bridgehead atoms. The fraction of sp³-hybridized carbons (Fsp3) is 0.0833. The van der Waals surface area contributed by atoms with E-state index in [0.717, 1.165) is 5.56 Å². The number of carbonyl (C=O) groups excluding carboxylic acids is 2. The van der Waals surface area contributed by atoms with Gasteiger partial charge in [0.1, 0.15) is 12.4 Å². The molecular weight excluding hydrogens is 380 g/mol. The molecular formula is C24H20N2O4. The smallest absolute Gasteiger partial charge is 0.333 e. The van der Waals surface area contributed by atoms with Crippen LogP contribution in [0.25, 0.3) is 0 Å². The number of rotatable bonds is 7. The van der Waals surface area contributed by atoms with Gasteiger partial charge in [-0.3, -0.25) is 4.79 Å². The number of azo groups is 1. The average Bonchev–Trinajstić information content (AvgIpc) is 2.77. The Balaban J connectivity index is 1.77. The third kappa shape index (κ3) is 5.26. The highest BCUT2D eigenvalue weighted by Gasteiger charge is 2.14. The van der Waals surface area contributed by atoms with Crippen LogP contribution in [0.4, 0.5) is 11.4 Å². The Labute approximate surface area is 174 Å². The quantitative estimate of drug-likeness (QED) is 0.240. The molecule has 6 nitrogen and oxygen atoms in total. The van der Waals surface area contributed by atoms with Crippen molar-refractivity contribution in [3.63, 3.8) is 0 Å². The first kappa shape index (κ1) is 20.7. The molecule has 1 N–H and O–H groups in total. The fourth-order valence-electron chi connectivity index (χ4n) is 2.61. The number of ketones is 1. The zero-order chi connectivity index (χ0) is 21.5. The van der Waals surface area contributed by atoms with Crippen LogP contribution in [0, 0.1) is 0 Å². The van der Waals surface area contributed by atoms with Crippen molar-refractivity contribution >= 4 is 23.1 Å². The van der Waals surface area contributed by atoms with Gasteiger partial charge in [0.05, 0.1) is 16.9 Å².